The molecule has 1 aromatic rings. The fourth-order valence-electron chi connectivity index (χ4n) is 1.57. The van der Waals surface area contributed by atoms with E-state index in [1.54, 1.807) is 0 Å². The minimum Gasteiger partial charge on any atom is -0.306 e. The summed E-state index contributed by atoms with van der Waals surface area (Å²) in [6.45, 7) is 4.30. The van der Waals surface area contributed by atoms with Crippen LogP contribution in [-0.4, -0.2) is 48.6 Å². The van der Waals surface area contributed by atoms with Gasteiger partial charge in [0.2, 0.25) is 0 Å². The molecule has 12 heavy (non-hydrogen) atoms. The van der Waals surface area contributed by atoms with E-state index in [1.807, 2.05) is 6.20 Å². The van der Waals surface area contributed by atoms with Crippen LogP contribution in [0.1, 0.15) is 0 Å². The number of H-pyrrole nitrogens is 1. The van der Waals surface area contributed by atoms with Gasteiger partial charge in [-0.15, -0.1) is 0 Å². The van der Waals surface area contributed by atoms with Gasteiger partial charge in [0.1, 0.15) is 6.20 Å². The molecule has 2 N–H and O–H groups in total. The highest BCUT2D eigenvalue weighted by Gasteiger charge is 2.29. The van der Waals surface area contributed by atoms with E-state index in [-0.39, 0.29) is 0 Å². The van der Waals surface area contributed by atoms with Crippen molar-refractivity contribution in [2.75, 3.05) is 33.2 Å². The van der Waals surface area contributed by atoms with Crippen LogP contribution in [0.3, 0.4) is 0 Å². The summed E-state index contributed by atoms with van der Waals surface area (Å²) in [5, 5.41) is 13.9. The van der Waals surface area contributed by atoms with Crippen molar-refractivity contribution in [1.29, 1.82) is 0 Å². The highest BCUT2D eigenvalue weighted by atomic mass is 15.5. The summed E-state index contributed by atoms with van der Waals surface area (Å²) in [7, 11) is 2.19. The van der Waals surface area contributed by atoms with Gasteiger partial charge in [-0.05, 0) is 0 Å². The number of likely N-dealkylation sites (N-methyl/N-ethyl adjacent to an activating group) is 1. The summed E-state index contributed by atoms with van der Waals surface area (Å²) < 4.78 is 0.892. The first-order chi connectivity index (χ1) is 5.81. The maximum Gasteiger partial charge on any atom is 0.266 e. The van der Waals surface area contributed by atoms with E-state index in [0.717, 1.165) is 36.5 Å². The van der Waals surface area contributed by atoms with Gasteiger partial charge in [-0.3, -0.25) is 4.48 Å². The van der Waals surface area contributed by atoms with Gasteiger partial charge in [-0.1, -0.05) is 5.10 Å². The third-order valence-electron chi connectivity index (χ3n) is 2.52. The molecule has 1 aliphatic heterocycles. The first-order valence-corrected chi connectivity index (χ1v) is 4.23. The second kappa shape index (κ2) is 2.84. The van der Waals surface area contributed by atoms with Crippen molar-refractivity contribution in [3.05, 3.63) is 6.20 Å². The Labute approximate surface area is 71.4 Å². The predicted octanol–water partition coefficient (Wildman–Crippen LogP) is -0.655. The Kier molecular flexibility index (Phi) is 1.82. The van der Waals surface area contributed by atoms with Gasteiger partial charge in [0.15, 0.2) is 0 Å². The molecule has 0 saturated carbocycles. The zero-order valence-corrected chi connectivity index (χ0v) is 7.25. The summed E-state index contributed by atoms with van der Waals surface area (Å²) in [5.41, 5.74) is 0. The van der Waals surface area contributed by atoms with Crippen LogP contribution in [0.25, 0.3) is 0 Å². The maximum absolute atomic E-state index is 4.12. The van der Waals surface area contributed by atoms with Gasteiger partial charge >= 0.3 is 0 Å². The van der Waals surface area contributed by atoms with Crippen LogP contribution >= 0.6 is 0 Å². The first kappa shape index (κ1) is 7.70. The molecule has 0 radical (unpaired) electrons. The molecule has 0 aromatic carbocycles. The standard InChI is InChI=1S/C7H14N5/c1-12(4-2-8-3-5-12)7-6-9-11-10-7/h6,8H,2-5H2,1H3,(H,9,10,11)/q+1. The topological polar surface area (TPSA) is 53.6 Å². The Morgan fingerprint density at radius 1 is 1.42 bits per heavy atom. The number of hydrogen-bond donors (Lipinski definition) is 2. The van der Waals surface area contributed by atoms with Gasteiger partial charge in [-0.2, -0.15) is 10.3 Å². The molecule has 1 aromatic heterocycles. The smallest absolute Gasteiger partial charge is 0.266 e. The number of nitrogens with zero attached hydrogens (tertiary/aromatic N) is 3. The lowest BCUT2D eigenvalue weighted by molar-refractivity contribution is 0.281. The van der Waals surface area contributed by atoms with E-state index in [9.17, 15) is 0 Å². The van der Waals surface area contributed by atoms with Gasteiger partial charge < -0.3 is 5.32 Å². The summed E-state index contributed by atoms with van der Waals surface area (Å²) in [4.78, 5) is 0. The molecule has 1 saturated heterocycles. The number of quaternary nitrogens is 1. The van der Waals surface area contributed by atoms with Gasteiger partial charge in [0.05, 0.1) is 20.1 Å². The zero-order valence-electron chi connectivity index (χ0n) is 7.25. The Bertz CT molecular complexity index is 236. The van der Waals surface area contributed by atoms with Crippen LogP contribution < -0.4 is 9.80 Å². The first-order valence-electron chi connectivity index (χ1n) is 4.23. The lowest BCUT2D eigenvalue weighted by Crippen LogP contribution is -2.57. The minimum atomic E-state index is 0.892. The van der Waals surface area contributed by atoms with Gasteiger partial charge in [-0.25, -0.2) is 0 Å². The average molecular weight is 168 g/mol. The maximum atomic E-state index is 4.12. The van der Waals surface area contributed by atoms with Crippen molar-refractivity contribution in [3.8, 4) is 0 Å². The predicted molar refractivity (Wildman–Crippen MR) is 46.7 cm³/mol. The third-order valence-corrected chi connectivity index (χ3v) is 2.52. The van der Waals surface area contributed by atoms with Crippen molar-refractivity contribution in [2.24, 2.45) is 0 Å². The summed E-state index contributed by atoms with van der Waals surface area (Å²) in [6, 6.07) is 0. The number of rotatable bonds is 1. The summed E-state index contributed by atoms with van der Waals surface area (Å²) in [6.07, 6.45) is 1.81. The highest BCUT2D eigenvalue weighted by molar-refractivity contribution is 5.29. The van der Waals surface area contributed by atoms with E-state index in [2.05, 4.69) is 27.8 Å². The quantitative estimate of drug-likeness (QED) is 0.548. The number of aromatic nitrogens is 3. The summed E-state index contributed by atoms with van der Waals surface area (Å²) in [5.74, 6) is 1.04. The Morgan fingerprint density at radius 3 is 2.75 bits per heavy atom. The fraction of sp³-hybridized carbons (Fsp3) is 0.714. The van der Waals surface area contributed by atoms with Crippen LogP contribution in [0.15, 0.2) is 6.20 Å². The van der Waals surface area contributed by atoms with Crippen molar-refractivity contribution in [3.63, 3.8) is 0 Å². The van der Waals surface area contributed by atoms with Gasteiger partial charge in [0, 0.05) is 13.1 Å². The molecular formula is C7H14N5+. The molecule has 0 bridgehead atoms. The average Bonchev–Trinajstić information content (AvgIpc) is 2.58. The van der Waals surface area contributed by atoms with Crippen LogP contribution in [0.4, 0.5) is 5.82 Å². The lowest BCUT2D eigenvalue weighted by atomic mass is 10.3. The number of piperazine rings is 1. The third kappa shape index (κ3) is 1.21. The van der Waals surface area contributed by atoms with E-state index in [1.165, 1.54) is 0 Å². The lowest BCUT2D eigenvalue weighted by Gasteiger charge is -2.34. The molecule has 0 amide bonds. The summed E-state index contributed by atoms with van der Waals surface area (Å²) >= 11 is 0. The molecule has 2 heterocycles. The second-order valence-corrected chi connectivity index (χ2v) is 3.42. The molecule has 2 rings (SSSR count). The van der Waals surface area contributed by atoms with E-state index in [0.29, 0.717) is 0 Å². The van der Waals surface area contributed by atoms with Crippen molar-refractivity contribution in [2.45, 2.75) is 0 Å². The molecule has 0 atom stereocenters. The van der Waals surface area contributed by atoms with E-state index in [4.69, 9.17) is 0 Å². The number of aromatic amines is 1. The zero-order chi connectivity index (χ0) is 8.44. The van der Waals surface area contributed by atoms with E-state index >= 15 is 0 Å². The largest absolute Gasteiger partial charge is 0.306 e. The monoisotopic (exact) mass is 168 g/mol. The van der Waals surface area contributed by atoms with Crippen LogP contribution in [0.2, 0.25) is 0 Å². The van der Waals surface area contributed by atoms with Crippen LogP contribution in [0, 0.1) is 0 Å². The Balaban J connectivity index is 2.19. The second-order valence-electron chi connectivity index (χ2n) is 3.42. The Morgan fingerprint density at radius 2 is 2.17 bits per heavy atom. The normalized spacial score (nSPS) is 22.4. The van der Waals surface area contributed by atoms with E-state index < -0.39 is 0 Å². The molecule has 1 fully saturated rings. The molecule has 0 unspecified atom stereocenters. The van der Waals surface area contributed by atoms with Crippen molar-refractivity contribution < 1.29 is 0 Å². The SMILES string of the molecule is C[N+]1(c2cn[nH]n2)CCNCC1. The molecule has 1 aliphatic rings. The molecule has 66 valence electrons. The van der Waals surface area contributed by atoms with Crippen molar-refractivity contribution >= 4 is 5.82 Å². The van der Waals surface area contributed by atoms with Gasteiger partial charge in [0.25, 0.3) is 5.82 Å². The molecule has 5 nitrogen and oxygen atoms in total. The van der Waals surface area contributed by atoms with Crippen LogP contribution in [0.5, 0.6) is 0 Å². The Hall–Kier alpha value is -0.940. The molecule has 0 aliphatic carbocycles. The molecule has 0 spiro atoms. The highest BCUT2D eigenvalue weighted by Crippen LogP contribution is 2.15. The molecular weight excluding hydrogens is 154 g/mol. The van der Waals surface area contributed by atoms with Crippen molar-refractivity contribution in [1.82, 2.24) is 25.2 Å². The minimum absolute atomic E-state index is 0.892. The fourth-order valence-corrected chi connectivity index (χ4v) is 1.57. The number of hydrogen-bond acceptors (Lipinski definition) is 3. The van der Waals surface area contributed by atoms with Crippen LogP contribution in [-0.2, 0) is 0 Å². The molecule has 5 heteroatoms. The number of nitrogens with one attached hydrogen (secondary N) is 2.